The Hall–Kier alpha value is -3.68. The lowest BCUT2D eigenvalue weighted by Gasteiger charge is -2.13. The number of ether oxygens (including phenoxy) is 1. The van der Waals surface area contributed by atoms with Gasteiger partial charge in [-0.3, -0.25) is 0 Å². The van der Waals surface area contributed by atoms with Crippen molar-refractivity contribution in [2.45, 2.75) is 32.9 Å². The van der Waals surface area contributed by atoms with Crippen LogP contribution in [0, 0.1) is 6.92 Å². The number of aryl methyl sites for hydroxylation is 2. The lowest BCUT2D eigenvalue weighted by molar-refractivity contribution is -0.137. The minimum atomic E-state index is -4.37. The van der Waals surface area contributed by atoms with Crippen LogP contribution in [0.4, 0.5) is 13.2 Å². The van der Waals surface area contributed by atoms with Crippen LogP contribution in [0.3, 0.4) is 0 Å². The second kappa shape index (κ2) is 9.05. The van der Waals surface area contributed by atoms with E-state index >= 15 is 0 Å². The molecule has 2 aromatic heterocycles. The van der Waals surface area contributed by atoms with Crippen molar-refractivity contribution in [2.24, 2.45) is 0 Å². The Morgan fingerprint density at radius 1 is 1.03 bits per heavy atom. The monoisotopic (exact) mass is 452 g/mol. The van der Waals surface area contributed by atoms with E-state index in [9.17, 15) is 13.2 Å². The van der Waals surface area contributed by atoms with Crippen LogP contribution in [0.25, 0.3) is 16.9 Å². The maximum atomic E-state index is 12.9. The molecule has 0 spiro atoms. The highest BCUT2D eigenvalue weighted by atomic mass is 19.4. The number of hydrogen-bond acceptors (Lipinski definition) is 4. The molecule has 2 aromatic carbocycles. The fraction of sp³-hybridized carbons (Fsp3) is 0.240. The Labute approximate surface area is 189 Å². The van der Waals surface area contributed by atoms with Crippen molar-refractivity contribution >= 4 is 0 Å². The van der Waals surface area contributed by atoms with Gasteiger partial charge < -0.3 is 9.30 Å². The predicted molar refractivity (Wildman–Crippen MR) is 120 cm³/mol. The molecule has 170 valence electrons. The lowest BCUT2D eigenvalue weighted by atomic mass is 10.0. The van der Waals surface area contributed by atoms with E-state index in [-0.39, 0.29) is 0 Å². The minimum Gasteiger partial charge on any atom is -0.495 e. The van der Waals surface area contributed by atoms with Gasteiger partial charge in [-0.05, 0) is 48.7 Å². The Kier molecular flexibility index (Phi) is 6.18. The standard InChI is InChI=1S/C25H23F3N4O/c1-4-18-13-29-23(31-24(18)19-6-8-20(9-7-19)25(26,27)28)12-17-5-10-21(22(11-17)33-3)32-14-16(2)30-15-32/h5-11,13-15H,4,12H2,1-3H3. The quantitative estimate of drug-likeness (QED) is 0.370. The molecule has 2 heterocycles. The lowest BCUT2D eigenvalue weighted by Crippen LogP contribution is -2.05. The molecule has 0 radical (unpaired) electrons. The van der Waals surface area contributed by atoms with Gasteiger partial charge in [-0.15, -0.1) is 0 Å². The van der Waals surface area contributed by atoms with E-state index in [1.165, 1.54) is 12.1 Å². The number of methoxy groups -OCH3 is 1. The van der Waals surface area contributed by atoms with Gasteiger partial charge in [-0.1, -0.05) is 25.1 Å². The van der Waals surface area contributed by atoms with E-state index in [2.05, 4.69) is 9.97 Å². The van der Waals surface area contributed by atoms with Crippen LogP contribution in [0.2, 0.25) is 0 Å². The van der Waals surface area contributed by atoms with E-state index < -0.39 is 11.7 Å². The van der Waals surface area contributed by atoms with Crippen molar-refractivity contribution in [1.29, 1.82) is 0 Å². The van der Waals surface area contributed by atoms with Crippen molar-refractivity contribution in [2.75, 3.05) is 7.11 Å². The maximum absolute atomic E-state index is 12.9. The van der Waals surface area contributed by atoms with Crippen LogP contribution < -0.4 is 4.74 Å². The highest BCUT2D eigenvalue weighted by Crippen LogP contribution is 2.32. The first-order valence-corrected chi connectivity index (χ1v) is 10.5. The van der Waals surface area contributed by atoms with Gasteiger partial charge in [0.25, 0.3) is 0 Å². The largest absolute Gasteiger partial charge is 0.495 e. The summed E-state index contributed by atoms with van der Waals surface area (Å²) in [5.41, 5.74) is 4.20. The zero-order valence-corrected chi connectivity index (χ0v) is 18.5. The molecule has 0 aliphatic heterocycles. The molecular weight excluding hydrogens is 429 g/mol. The van der Waals surface area contributed by atoms with Gasteiger partial charge in [-0.25, -0.2) is 15.0 Å². The van der Waals surface area contributed by atoms with Crippen LogP contribution in [-0.2, 0) is 19.0 Å². The summed E-state index contributed by atoms with van der Waals surface area (Å²) in [5.74, 6) is 1.27. The van der Waals surface area contributed by atoms with E-state index in [0.717, 1.165) is 34.6 Å². The number of benzene rings is 2. The zero-order chi connectivity index (χ0) is 23.6. The fourth-order valence-electron chi connectivity index (χ4n) is 3.64. The van der Waals surface area contributed by atoms with Crippen LogP contribution in [-0.4, -0.2) is 26.6 Å². The fourth-order valence-corrected chi connectivity index (χ4v) is 3.64. The third-order valence-electron chi connectivity index (χ3n) is 5.38. The second-order valence-electron chi connectivity index (χ2n) is 7.69. The highest BCUT2D eigenvalue weighted by molar-refractivity contribution is 5.63. The van der Waals surface area contributed by atoms with Crippen molar-refractivity contribution in [3.8, 4) is 22.7 Å². The van der Waals surface area contributed by atoms with Gasteiger partial charge in [-0.2, -0.15) is 13.2 Å². The highest BCUT2D eigenvalue weighted by Gasteiger charge is 2.30. The van der Waals surface area contributed by atoms with Crippen LogP contribution in [0.5, 0.6) is 5.75 Å². The maximum Gasteiger partial charge on any atom is 0.416 e. The van der Waals surface area contributed by atoms with Crippen molar-refractivity contribution < 1.29 is 17.9 Å². The van der Waals surface area contributed by atoms with Crippen LogP contribution in [0.1, 0.15) is 35.1 Å². The number of halogens is 3. The molecule has 4 aromatic rings. The molecule has 33 heavy (non-hydrogen) atoms. The third kappa shape index (κ3) is 4.89. The molecule has 0 saturated heterocycles. The smallest absolute Gasteiger partial charge is 0.416 e. The van der Waals surface area contributed by atoms with Gasteiger partial charge in [0.15, 0.2) is 0 Å². The van der Waals surface area contributed by atoms with Gasteiger partial charge in [0.2, 0.25) is 0 Å². The summed E-state index contributed by atoms with van der Waals surface area (Å²) in [6.45, 7) is 3.89. The van der Waals surface area contributed by atoms with E-state index in [0.29, 0.717) is 35.7 Å². The average molecular weight is 452 g/mol. The van der Waals surface area contributed by atoms with Gasteiger partial charge in [0, 0.05) is 24.4 Å². The Morgan fingerprint density at radius 2 is 1.79 bits per heavy atom. The van der Waals surface area contributed by atoms with Crippen LogP contribution in [0.15, 0.2) is 61.2 Å². The Morgan fingerprint density at radius 3 is 2.39 bits per heavy atom. The van der Waals surface area contributed by atoms with Crippen molar-refractivity contribution in [1.82, 2.24) is 19.5 Å². The first-order valence-electron chi connectivity index (χ1n) is 10.5. The summed E-state index contributed by atoms with van der Waals surface area (Å²) >= 11 is 0. The minimum absolute atomic E-state index is 0.456. The summed E-state index contributed by atoms with van der Waals surface area (Å²) in [6.07, 6.45) is 2.15. The number of nitrogens with zero attached hydrogens (tertiary/aromatic N) is 4. The molecular formula is C25H23F3N4O. The molecule has 5 nitrogen and oxygen atoms in total. The van der Waals surface area contributed by atoms with Crippen LogP contribution >= 0.6 is 0 Å². The number of imidazole rings is 1. The van der Waals surface area contributed by atoms with Gasteiger partial charge in [0.1, 0.15) is 11.6 Å². The molecule has 4 rings (SSSR count). The SMILES string of the molecule is CCc1cnc(Cc2ccc(-n3cnc(C)c3)c(OC)c2)nc1-c1ccc(C(F)(F)F)cc1. The average Bonchev–Trinajstić information content (AvgIpc) is 3.24. The third-order valence-corrected chi connectivity index (χ3v) is 5.38. The Bertz CT molecular complexity index is 1260. The van der Waals surface area contributed by atoms with E-state index in [1.54, 1.807) is 19.6 Å². The van der Waals surface area contributed by atoms with E-state index in [1.807, 2.05) is 42.8 Å². The number of rotatable bonds is 6. The van der Waals surface area contributed by atoms with Gasteiger partial charge in [0.05, 0.1) is 36.1 Å². The second-order valence-corrected chi connectivity index (χ2v) is 7.69. The summed E-state index contributed by atoms with van der Waals surface area (Å²) in [6, 6.07) is 10.9. The molecule has 0 fully saturated rings. The topological polar surface area (TPSA) is 52.8 Å². The molecule has 0 atom stereocenters. The summed E-state index contributed by atoms with van der Waals surface area (Å²) in [4.78, 5) is 13.4. The number of alkyl halides is 3. The summed E-state index contributed by atoms with van der Waals surface area (Å²) < 4.78 is 46.3. The molecule has 0 unspecified atom stereocenters. The molecule has 0 aliphatic carbocycles. The first-order chi connectivity index (χ1) is 15.8. The zero-order valence-electron chi connectivity index (χ0n) is 18.5. The molecule has 0 saturated carbocycles. The summed E-state index contributed by atoms with van der Waals surface area (Å²) in [7, 11) is 1.61. The predicted octanol–water partition coefficient (Wildman–Crippen LogP) is 5.82. The molecule has 8 heteroatoms. The molecule has 0 aliphatic rings. The van der Waals surface area contributed by atoms with Gasteiger partial charge >= 0.3 is 6.18 Å². The Balaban J connectivity index is 1.64. The molecule has 0 bridgehead atoms. The van der Waals surface area contributed by atoms with E-state index in [4.69, 9.17) is 9.72 Å². The number of hydrogen-bond donors (Lipinski definition) is 0. The number of aromatic nitrogens is 4. The van der Waals surface area contributed by atoms with Crippen molar-refractivity contribution in [3.63, 3.8) is 0 Å². The normalized spacial score (nSPS) is 11.6. The van der Waals surface area contributed by atoms with Crippen molar-refractivity contribution in [3.05, 3.63) is 89.4 Å². The first kappa shape index (κ1) is 22.5. The molecule has 0 amide bonds. The molecule has 0 N–H and O–H groups in total. The summed E-state index contributed by atoms with van der Waals surface area (Å²) in [5, 5.41) is 0.